The molecule has 0 saturated carbocycles. The van der Waals surface area contributed by atoms with E-state index < -0.39 is 6.10 Å². The molecule has 1 atom stereocenters. The van der Waals surface area contributed by atoms with Crippen molar-refractivity contribution in [2.45, 2.75) is 6.10 Å². The lowest BCUT2D eigenvalue weighted by atomic mass is 10.3. The van der Waals surface area contributed by atoms with Gasteiger partial charge in [0.2, 0.25) is 0 Å². The first-order valence-corrected chi connectivity index (χ1v) is 5.46. The van der Waals surface area contributed by atoms with Gasteiger partial charge in [-0.1, -0.05) is 39.7 Å². The smallest absolute Gasteiger partial charge is 0.0809 e. The third-order valence-electron chi connectivity index (χ3n) is 1.58. The monoisotopic (exact) mass is 263 g/mol. The van der Waals surface area contributed by atoms with Crippen LogP contribution in [0.5, 0.6) is 0 Å². The normalized spacial score (nSPS) is 12.5. The van der Waals surface area contributed by atoms with Gasteiger partial charge in [0, 0.05) is 11.9 Å². The zero-order chi connectivity index (χ0) is 9.68. The third-order valence-corrected chi connectivity index (χ3v) is 2.66. The highest BCUT2D eigenvalue weighted by Crippen LogP contribution is 2.20. The highest BCUT2D eigenvalue weighted by molar-refractivity contribution is 9.09. The Labute approximate surface area is 91.0 Å². The average Bonchev–Trinajstić information content (AvgIpc) is 2.16. The van der Waals surface area contributed by atoms with E-state index in [0.717, 1.165) is 5.69 Å². The lowest BCUT2D eigenvalue weighted by Crippen LogP contribution is -2.20. The van der Waals surface area contributed by atoms with Crippen LogP contribution < -0.4 is 5.32 Å². The van der Waals surface area contributed by atoms with Gasteiger partial charge in [0.1, 0.15) is 0 Å². The van der Waals surface area contributed by atoms with E-state index in [-0.39, 0.29) is 0 Å². The molecule has 13 heavy (non-hydrogen) atoms. The van der Waals surface area contributed by atoms with Crippen LogP contribution in [0, 0.1) is 0 Å². The average molecular weight is 265 g/mol. The predicted molar refractivity (Wildman–Crippen MR) is 59.7 cm³/mol. The van der Waals surface area contributed by atoms with E-state index in [0.29, 0.717) is 16.9 Å². The van der Waals surface area contributed by atoms with Gasteiger partial charge in [0.25, 0.3) is 0 Å². The number of alkyl halides is 1. The molecule has 0 fully saturated rings. The largest absolute Gasteiger partial charge is 0.390 e. The zero-order valence-corrected chi connectivity index (χ0v) is 9.35. The third kappa shape index (κ3) is 3.55. The van der Waals surface area contributed by atoms with Crippen LogP contribution in [0.2, 0.25) is 5.02 Å². The number of halogens is 2. The Morgan fingerprint density at radius 2 is 2.15 bits per heavy atom. The number of anilines is 1. The lowest BCUT2D eigenvalue weighted by molar-refractivity contribution is 0.214. The van der Waals surface area contributed by atoms with Crippen LogP contribution in [-0.2, 0) is 0 Å². The topological polar surface area (TPSA) is 32.3 Å². The van der Waals surface area contributed by atoms with Crippen LogP contribution in [0.1, 0.15) is 0 Å². The number of nitrogens with one attached hydrogen (secondary N) is 1. The summed E-state index contributed by atoms with van der Waals surface area (Å²) in [6, 6.07) is 7.46. The number of benzene rings is 1. The molecule has 1 unspecified atom stereocenters. The molecule has 72 valence electrons. The van der Waals surface area contributed by atoms with E-state index in [4.69, 9.17) is 11.6 Å². The van der Waals surface area contributed by atoms with Crippen molar-refractivity contribution in [2.24, 2.45) is 0 Å². The van der Waals surface area contributed by atoms with Crippen LogP contribution in [0.3, 0.4) is 0 Å². The van der Waals surface area contributed by atoms with Crippen LogP contribution >= 0.6 is 27.5 Å². The van der Waals surface area contributed by atoms with Crippen LogP contribution in [-0.4, -0.2) is 23.1 Å². The van der Waals surface area contributed by atoms with Crippen LogP contribution in [0.4, 0.5) is 5.69 Å². The molecule has 0 amide bonds. The molecule has 0 bridgehead atoms. The summed E-state index contributed by atoms with van der Waals surface area (Å²) in [5.74, 6) is 0. The van der Waals surface area contributed by atoms with E-state index in [1.165, 1.54) is 0 Å². The van der Waals surface area contributed by atoms with Gasteiger partial charge in [-0.3, -0.25) is 0 Å². The minimum absolute atomic E-state index is 0.392. The highest BCUT2D eigenvalue weighted by Gasteiger charge is 2.02. The van der Waals surface area contributed by atoms with Crippen molar-refractivity contribution in [3.8, 4) is 0 Å². The van der Waals surface area contributed by atoms with Gasteiger partial charge in [-0.05, 0) is 12.1 Å². The molecule has 0 aliphatic heterocycles. The number of hydrogen-bond acceptors (Lipinski definition) is 2. The number of rotatable bonds is 4. The second-order valence-corrected chi connectivity index (χ2v) is 3.72. The molecule has 1 aromatic carbocycles. The second-order valence-electron chi connectivity index (χ2n) is 2.67. The number of hydrogen-bond donors (Lipinski definition) is 2. The molecular weight excluding hydrogens is 253 g/mol. The number of para-hydroxylation sites is 1. The maximum Gasteiger partial charge on any atom is 0.0809 e. The van der Waals surface area contributed by atoms with Crippen molar-refractivity contribution in [1.29, 1.82) is 0 Å². The zero-order valence-electron chi connectivity index (χ0n) is 7.00. The van der Waals surface area contributed by atoms with Crippen molar-refractivity contribution in [3.05, 3.63) is 29.3 Å². The Morgan fingerprint density at radius 3 is 2.77 bits per heavy atom. The van der Waals surface area contributed by atoms with Crippen LogP contribution in [0.15, 0.2) is 24.3 Å². The molecule has 0 aliphatic rings. The molecule has 0 aromatic heterocycles. The lowest BCUT2D eigenvalue weighted by Gasteiger charge is -2.10. The van der Waals surface area contributed by atoms with Crippen molar-refractivity contribution in [3.63, 3.8) is 0 Å². The summed E-state index contributed by atoms with van der Waals surface area (Å²) in [5, 5.41) is 13.5. The molecule has 0 radical (unpaired) electrons. The summed E-state index contributed by atoms with van der Waals surface area (Å²) in [7, 11) is 0. The highest BCUT2D eigenvalue weighted by atomic mass is 79.9. The van der Waals surface area contributed by atoms with Gasteiger partial charge in [0.05, 0.1) is 16.8 Å². The van der Waals surface area contributed by atoms with Gasteiger partial charge in [-0.25, -0.2) is 0 Å². The summed E-state index contributed by atoms with van der Waals surface area (Å²) in [4.78, 5) is 0. The molecule has 4 heteroatoms. The van der Waals surface area contributed by atoms with E-state index in [1.54, 1.807) is 0 Å². The fraction of sp³-hybridized carbons (Fsp3) is 0.333. The van der Waals surface area contributed by atoms with Crippen molar-refractivity contribution >= 4 is 33.2 Å². The summed E-state index contributed by atoms with van der Waals surface area (Å²) < 4.78 is 0. The summed E-state index contributed by atoms with van der Waals surface area (Å²) in [6.45, 7) is 0.495. The summed E-state index contributed by atoms with van der Waals surface area (Å²) in [6.07, 6.45) is -0.392. The molecule has 0 aliphatic carbocycles. The minimum atomic E-state index is -0.392. The summed E-state index contributed by atoms with van der Waals surface area (Å²) in [5.41, 5.74) is 0.851. The van der Waals surface area contributed by atoms with Gasteiger partial charge in [0.15, 0.2) is 0 Å². The maximum atomic E-state index is 9.26. The number of aliphatic hydroxyl groups excluding tert-OH is 1. The van der Waals surface area contributed by atoms with Crippen molar-refractivity contribution in [2.75, 3.05) is 17.2 Å². The molecule has 2 nitrogen and oxygen atoms in total. The first kappa shape index (κ1) is 10.8. The predicted octanol–water partition coefficient (Wildman–Crippen LogP) is 2.51. The van der Waals surface area contributed by atoms with Crippen molar-refractivity contribution in [1.82, 2.24) is 0 Å². The molecular formula is C9H11BrClNO. The maximum absolute atomic E-state index is 9.26. The van der Waals surface area contributed by atoms with Crippen LogP contribution in [0.25, 0.3) is 0 Å². The fourth-order valence-corrected chi connectivity index (χ4v) is 1.32. The molecule has 0 heterocycles. The van der Waals surface area contributed by atoms with Gasteiger partial charge >= 0.3 is 0 Å². The number of aliphatic hydroxyl groups is 1. The summed E-state index contributed by atoms with van der Waals surface area (Å²) >= 11 is 9.08. The minimum Gasteiger partial charge on any atom is -0.390 e. The first-order chi connectivity index (χ1) is 6.24. The quantitative estimate of drug-likeness (QED) is 0.819. The Bertz CT molecular complexity index is 270. The molecule has 0 saturated heterocycles. The molecule has 1 rings (SSSR count). The SMILES string of the molecule is OC(CBr)CNc1ccccc1Cl. The molecule has 0 spiro atoms. The van der Waals surface area contributed by atoms with E-state index >= 15 is 0 Å². The fourth-order valence-electron chi connectivity index (χ4n) is 0.887. The van der Waals surface area contributed by atoms with E-state index in [9.17, 15) is 5.11 Å². The van der Waals surface area contributed by atoms with Gasteiger partial charge < -0.3 is 10.4 Å². The Balaban J connectivity index is 2.50. The van der Waals surface area contributed by atoms with Gasteiger partial charge in [-0.15, -0.1) is 0 Å². The van der Waals surface area contributed by atoms with E-state index in [2.05, 4.69) is 21.2 Å². The Hall–Kier alpha value is -0.250. The molecule has 1 aromatic rings. The van der Waals surface area contributed by atoms with Gasteiger partial charge in [-0.2, -0.15) is 0 Å². The molecule has 2 N–H and O–H groups in total. The van der Waals surface area contributed by atoms with Crippen molar-refractivity contribution < 1.29 is 5.11 Å². The Morgan fingerprint density at radius 1 is 1.46 bits per heavy atom. The first-order valence-electron chi connectivity index (χ1n) is 3.96. The Kier molecular flexibility index (Phi) is 4.56. The standard InChI is InChI=1S/C9H11BrClNO/c10-5-7(13)6-12-9-4-2-1-3-8(9)11/h1-4,7,12-13H,5-6H2. The van der Waals surface area contributed by atoms with E-state index in [1.807, 2.05) is 24.3 Å². The second kappa shape index (κ2) is 5.47.